The molecule has 0 aliphatic heterocycles. The van der Waals surface area contributed by atoms with Crippen LogP contribution in [0.4, 0.5) is 13.6 Å². The van der Waals surface area contributed by atoms with Gasteiger partial charge in [-0.15, -0.1) is 0 Å². The van der Waals surface area contributed by atoms with Crippen LogP contribution < -0.4 is 10.6 Å². The van der Waals surface area contributed by atoms with Gasteiger partial charge < -0.3 is 10.6 Å². The van der Waals surface area contributed by atoms with Crippen LogP contribution in [0, 0.1) is 25.5 Å². The Balaban J connectivity index is 1.60. The molecular weight excluding hydrogens is 374 g/mol. The van der Waals surface area contributed by atoms with E-state index in [2.05, 4.69) is 15.7 Å². The van der Waals surface area contributed by atoms with Crippen molar-refractivity contribution in [2.24, 2.45) is 0 Å². The van der Waals surface area contributed by atoms with Crippen molar-refractivity contribution >= 4 is 6.03 Å². The minimum absolute atomic E-state index is 0.322. The first-order valence-corrected chi connectivity index (χ1v) is 9.41. The monoisotopic (exact) mass is 398 g/mol. The van der Waals surface area contributed by atoms with E-state index in [9.17, 15) is 13.6 Å². The summed E-state index contributed by atoms with van der Waals surface area (Å²) in [5.41, 5.74) is 4.43. The van der Waals surface area contributed by atoms with Gasteiger partial charge in [0.05, 0.1) is 18.3 Å². The fourth-order valence-corrected chi connectivity index (χ4v) is 3.18. The first-order chi connectivity index (χ1) is 13.8. The fourth-order valence-electron chi connectivity index (χ4n) is 3.18. The minimum atomic E-state index is -0.936. The summed E-state index contributed by atoms with van der Waals surface area (Å²) in [6, 6.07) is 12.8. The van der Waals surface area contributed by atoms with Crippen molar-refractivity contribution in [2.75, 3.05) is 0 Å². The first kappa shape index (κ1) is 20.5. The molecule has 1 heterocycles. The van der Waals surface area contributed by atoms with Crippen LogP contribution in [-0.4, -0.2) is 15.8 Å². The number of urea groups is 1. The van der Waals surface area contributed by atoms with Crippen molar-refractivity contribution in [3.8, 4) is 0 Å². The molecule has 7 heteroatoms. The number of carbonyl (C=O) groups is 1. The van der Waals surface area contributed by atoms with E-state index in [1.165, 1.54) is 6.07 Å². The van der Waals surface area contributed by atoms with Gasteiger partial charge in [-0.1, -0.05) is 36.4 Å². The Morgan fingerprint density at radius 2 is 1.83 bits per heavy atom. The third kappa shape index (κ3) is 4.99. The Kier molecular flexibility index (Phi) is 6.26. The second-order valence-corrected chi connectivity index (χ2v) is 7.01. The zero-order valence-electron chi connectivity index (χ0n) is 16.7. The summed E-state index contributed by atoms with van der Waals surface area (Å²) in [6.07, 6.45) is 0. The highest BCUT2D eigenvalue weighted by Gasteiger charge is 2.15. The van der Waals surface area contributed by atoms with E-state index >= 15 is 0 Å². The molecule has 5 nitrogen and oxygen atoms in total. The van der Waals surface area contributed by atoms with E-state index in [0.29, 0.717) is 18.7 Å². The molecule has 3 rings (SSSR count). The van der Waals surface area contributed by atoms with Gasteiger partial charge >= 0.3 is 6.03 Å². The number of aryl methyl sites for hydroxylation is 1. The van der Waals surface area contributed by atoms with Gasteiger partial charge in [-0.2, -0.15) is 5.10 Å². The van der Waals surface area contributed by atoms with Gasteiger partial charge in [-0.05, 0) is 44.0 Å². The lowest BCUT2D eigenvalue weighted by atomic mass is 10.1. The minimum Gasteiger partial charge on any atom is -0.334 e. The van der Waals surface area contributed by atoms with Gasteiger partial charge in [0.1, 0.15) is 0 Å². The lowest BCUT2D eigenvalue weighted by Gasteiger charge is -2.15. The van der Waals surface area contributed by atoms with Crippen molar-refractivity contribution in [1.82, 2.24) is 20.4 Å². The molecule has 0 saturated carbocycles. The number of nitrogens with one attached hydrogen (secondary N) is 2. The second kappa shape index (κ2) is 8.86. The zero-order chi connectivity index (χ0) is 21.0. The number of amides is 2. The van der Waals surface area contributed by atoms with Crippen LogP contribution >= 0.6 is 0 Å². The van der Waals surface area contributed by atoms with E-state index < -0.39 is 23.7 Å². The average molecular weight is 398 g/mol. The maximum absolute atomic E-state index is 13.4. The molecule has 2 amide bonds. The average Bonchev–Trinajstić information content (AvgIpc) is 2.96. The van der Waals surface area contributed by atoms with Crippen molar-refractivity contribution in [1.29, 1.82) is 0 Å². The highest BCUT2D eigenvalue weighted by molar-refractivity contribution is 5.74. The second-order valence-electron chi connectivity index (χ2n) is 7.01. The quantitative estimate of drug-likeness (QED) is 0.647. The standard InChI is InChI=1S/C22H24F2N4O/c1-14(18-9-10-20(23)21(24)11-18)26-22(29)25-12-19-15(2)27-28(16(19)3)13-17-7-5-4-6-8-17/h4-11,14H,12-13H2,1-3H3,(H2,25,26,29)/t14-/m1/s1. The summed E-state index contributed by atoms with van der Waals surface area (Å²) < 4.78 is 28.4. The normalized spacial score (nSPS) is 11.9. The van der Waals surface area contributed by atoms with Gasteiger partial charge in [-0.3, -0.25) is 4.68 Å². The van der Waals surface area contributed by atoms with Crippen LogP contribution in [0.1, 0.15) is 41.0 Å². The Labute approximate surface area is 168 Å². The smallest absolute Gasteiger partial charge is 0.315 e. The van der Waals surface area contributed by atoms with Crippen molar-refractivity contribution in [3.63, 3.8) is 0 Å². The topological polar surface area (TPSA) is 59.0 Å². The number of hydrogen-bond donors (Lipinski definition) is 2. The molecule has 0 unspecified atom stereocenters. The van der Waals surface area contributed by atoms with Crippen molar-refractivity contribution < 1.29 is 13.6 Å². The number of carbonyl (C=O) groups excluding carboxylic acids is 1. The van der Waals surface area contributed by atoms with Crippen molar-refractivity contribution in [2.45, 2.75) is 39.9 Å². The molecule has 0 fully saturated rings. The van der Waals surface area contributed by atoms with E-state index in [-0.39, 0.29) is 0 Å². The molecule has 0 aliphatic rings. The van der Waals surface area contributed by atoms with Crippen LogP contribution in [0.2, 0.25) is 0 Å². The molecule has 0 saturated heterocycles. The predicted molar refractivity (Wildman–Crippen MR) is 107 cm³/mol. The van der Waals surface area contributed by atoms with Crippen LogP contribution in [0.5, 0.6) is 0 Å². The van der Waals surface area contributed by atoms with E-state index in [1.807, 2.05) is 48.9 Å². The Morgan fingerprint density at radius 3 is 2.52 bits per heavy atom. The van der Waals surface area contributed by atoms with Crippen LogP contribution in [0.25, 0.3) is 0 Å². The molecule has 3 aromatic rings. The molecule has 1 aromatic heterocycles. The summed E-state index contributed by atoms with van der Waals surface area (Å²) in [5, 5.41) is 10.1. The number of aromatic nitrogens is 2. The molecule has 0 aliphatic carbocycles. The summed E-state index contributed by atoms with van der Waals surface area (Å²) >= 11 is 0. The van der Waals surface area contributed by atoms with Gasteiger partial charge in [0, 0.05) is 17.8 Å². The SMILES string of the molecule is Cc1nn(Cc2ccccc2)c(C)c1CNC(=O)N[C@H](C)c1ccc(F)c(F)c1. The van der Waals surface area contributed by atoms with Crippen LogP contribution in [0.15, 0.2) is 48.5 Å². The van der Waals surface area contributed by atoms with Crippen LogP contribution in [-0.2, 0) is 13.1 Å². The summed E-state index contributed by atoms with van der Waals surface area (Å²) in [4.78, 5) is 12.3. The van der Waals surface area contributed by atoms with Crippen molar-refractivity contribution in [3.05, 3.63) is 88.2 Å². The fraction of sp³-hybridized carbons (Fsp3) is 0.273. The van der Waals surface area contributed by atoms with E-state index in [1.54, 1.807) is 6.92 Å². The zero-order valence-corrected chi connectivity index (χ0v) is 16.7. The Hall–Kier alpha value is -3.22. The lowest BCUT2D eigenvalue weighted by Crippen LogP contribution is -2.36. The van der Waals surface area contributed by atoms with E-state index in [4.69, 9.17) is 0 Å². The van der Waals surface area contributed by atoms with Gasteiger partial charge in [0.2, 0.25) is 0 Å². The molecule has 0 radical (unpaired) electrons. The number of halogens is 2. The van der Waals surface area contributed by atoms with E-state index in [0.717, 1.165) is 34.6 Å². The Morgan fingerprint density at radius 1 is 1.10 bits per heavy atom. The maximum atomic E-state index is 13.4. The van der Waals surface area contributed by atoms with Gasteiger partial charge in [-0.25, -0.2) is 13.6 Å². The summed E-state index contributed by atoms with van der Waals surface area (Å²) in [7, 11) is 0. The van der Waals surface area contributed by atoms with Gasteiger partial charge in [0.25, 0.3) is 0 Å². The largest absolute Gasteiger partial charge is 0.334 e. The molecule has 0 bridgehead atoms. The third-order valence-corrected chi connectivity index (χ3v) is 4.92. The molecular formula is C22H24F2N4O. The highest BCUT2D eigenvalue weighted by Crippen LogP contribution is 2.17. The predicted octanol–water partition coefficient (Wildman–Crippen LogP) is 4.39. The highest BCUT2D eigenvalue weighted by atomic mass is 19.2. The molecule has 2 N–H and O–H groups in total. The molecule has 2 aromatic carbocycles. The number of hydrogen-bond acceptors (Lipinski definition) is 2. The first-order valence-electron chi connectivity index (χ1n) is 9.41. The molecule has 0 spiro atoms. The Bertz CT molecular complexity index is 1000. The molecule has 1 atom stereocenters. The third-order valence-electron chi connectivity index (χ3n) is 4.92. The number of benzene rings is 2. The van der Waals surface area contributed by atoms with Crippen LogP contribution in [0.3, 0.4) is 0 Å². The summed E-state index contributed by atoms with van der Waals surface area (Å²) in [5.74, 6) is -1.85. The summed E-state index contributed by atoms with van der Waals surface area (Å²) in [6.45, 7) is 6.57. The number of rotatable bonds is 6. The lowest BCUT2D eigenvalue weighted by molar-refractivity contribution is 0.237. The number of nitrogens with zero attached hydrogens (tertiary/aromatic N) is 2. The molecule has 29 heavy (non-hydrogen) atoms. The maximum Gasteiger partial charge on any atom is 0.315 e. The van der Waals surface area contributed by atoms with Gasteiger partial charge in [0.15, 0.2) is 11.6 Å². The molecule has 152 valence electrons.